The second-order valence-corrected chi connectivity index (χ2v) is 5.78. The number of H-pyrrole nitrogens is 1. The van der Waals surface area contributed by atoms with Gasteiger partial charge in [-0.3, -0.25) is 4.79 Å². The zero-order valence-electron chi connectivity index (χ0n) is 13.8. The Labute approximate surface area is 150 Å². The van der Waals surface area contributed by atoms with Crippen LogP contribution in [0.3, 0.4) is 0 Å². The van der Waals surface area contributed by atoms with Crippen LogP contribution in [0.1, 0.15) is 5.56 Å². The molecule has 0 spiro atoms. The smallest absolute Gasteiger partial charge is 0.256 e. The fourth-order valence-electron chi connectivity index (χ4n) is 3.12. The molecule has 0 saturated carbocycles. The summed E-state index contributed by atoms with van der Waals surface area (Å²) in [5, 5.41) is 9.50. The maximum Gasteiger partial charge on any atom is 0.256 e. The van der Waals surface area contributed by atoms with E-state index in [1.54, 1.807) is 36.7 Å². The molecule has 0 radical (unpaired) electrons. The van der Waals surface area contributed by atoms with Gasteiger partial charge in [-0.25, -0.2) is 0 Å². The lowest BCUT2D eigenvalue weighted by atomic mass is 9.90. The second-order valence-electron chi connectivity index (χ2n) is 5.78. The van der Waals surface area contributed by atoms with Gasteiger partial charge in [-0.2, -0.15) is 5.26 Å². The van der Waals surface area contributed by atoms with E-state index in [4.69, 9.17) is 4.42 Å². The summed E-state index contributed by atoms with van der Waals surface area (Å²) in [6.45, 7) is 0. The van der Waals surface area contributed by atoms with Crippen molar-refractivity contribution in [1.29, 1.82) is 5.26 Å². The zero-order chi connectivity index (χ0) is 17.9. The molecule has 0 unspecified atom stereocenters. The molecule has 26 heavy (non-hydrogen) atoms. The highest BCUT2D eigenvalue weighted by molar-refractivity contribution is 5.93. The highest BCUT2D eigenvalue weighted by atomic mass is 16.3. The Morgan fingerprint density at radius 1 is 0.846 bits per heavy atom. The second kappa shape index (κ2) is 6.58. The first kappa shape index (κ1) is 15.7. The van der Waals surface area contributed by atoms with Gasteiger partial charge in [-0.1, -0.05) is 48.5 Å². The molecule has 4 nitrogen and oxygen atoms in total. The molecule has 0 fully saturated rings. The van der Waals surface area contributed by atoms with E-state index in [1.165, 1.54) is 0 Å². The highest BCUT2D eigenvalue weighted by Crippen LogP contribution is 2.38. The van der Waals surface area contributed by atoms with Crippen molar-refractivity contribution in [2.75, 3.05) is 0 Å². The fraction of sp³-hybridized carbons (Fsp3) is 0. The Morgan fingerprint density at radius 3 is 2.35 bits per heavy atom. The van der Waals surface area contributed by atoms with Crippen LogP contribution < -0.4 is 5.56 Å². The lowest BCUT2D eigenvalue weighted by Crippen LogP contribution is -2.12. The van der Waals surface area contributed by atoms with Gasteiger partial charge in [-0.05, 0) is 23.8 Å². The van der Waals surface area contributed by atoms with Gasteiger partial charge in [0.05, 0.1) is 23.5 Å². The lowest BCUT2D eigenvalue weighted by Gasteiger charge is -2.14. The Morgan fingerprint density at radius 2 is 1.62 bits per heavy atom. The van der Waals surface area contributed by atoms with Crippen LogP contribution in [-0.2, 0) is 0 Å². The summed E-state index contributed by atoms with van der Waals surface area (Å²) in [4.78, 5) is 15.6. The summed E-state index contributed by atoms with van der Waals surface area (Å²) in [5.74, 6) is 0.649. The fourth-order valence-corrected chi connectivity index (χ4v) is 3.12. The number of nitriles is 1. The summed E-state index contributed by atoms with van der Waals surface area (Å²) >= 11 is 0. The van der Waals surface area contributed by atoms with E-state index in [0.717, 1.165) is 16.7 Å². The van der Waals surface area contributed by atoms with Crippen LogP contribution in [0.25, 0.3) is 33.6 Å². The van der Waals surface area contributed by atoms with Crippen molar-refractivity contribution >= 4 is 0 Å². The monoisotopic (exact) mass is 338 g/mol. The van der Waals surface area contributed by atoms with Gasteiger partial charge in [0.1, 0.15) is 5.76 Å². The maximum absolute atomic E-state index is 12.8. The van der Waals surface area contributed by atoms with E-state index in [9.17, 15) is 10.1 Å². The quantitative estimate of drug-likeness (QED) is 0.581. The molecular formula is C22H14N2O2. The first-order valence-electron chi connectivity index (χ1n) is 8.14. The summed E-state index contributed by atoms with van der Waals surface area (Å²) in [5.41, 5.74) is 3.66. The lowest BCUT2D eigenvalue weighted by molar-refractivity contribution is 0.582. The number of nitrogens with one attached hydrogen (secondary N) is 1. The number of rotatable bonds is 3. The van der Waals surface area contributed by atoms with Crippen molar-refractivity contribution in [3.05, 3.63) is 95.1 Å². The van der Waals surface area contributed by atoms with Gasteiger partial charge in [0.15, 0.2) is 0 Å². The standard InChI is InChI=1S/C22H14N2O2/c23-13-16-9-4-5-10-17(16)21-20(15-7-2-1-3-8-15)18(14-24-22(21)25)19-11-6-12-26-19/h1-12,14H,(H,24,25). The minimum absolute atomic E-state index is 0.248. The number of benzene rings is 2. The van der Waals surface area contributed by atoms with E-state index in [2.05, 4.69) is 11.1 Å². The number of furan rings is 1. The Balaban J connectivity index is 2.14. The highest BCUT2D eigenvalue weighted by Gasteiger charge is 2.20. The molecule has 2 heterocycles. The number of aromatic amines is 1. The van der Waals surface area contributed by atoms with Crippen molar-refractivity contribution in [3.63, 3.8) is 0 Å². The normalized spacial score (nSPS) is 10.4. The summed E-state index contributed by atoms with van der Waals surface area (Å²) < 4.78 is 5.58. The molecule has 2 aromatic heterocycles. The van der Waals surface area contributed by atoms with E-state index >= 15 is 0 Å². The van der Waals surface area contributed by atoms with Crippen LogP contribution in [0.4, 0.5) is 0 Å². The van der Waals surface area contributed by atoms with Crippen molar-refractivity contribution in [2.24, 2.45) is 0 Å². The number of hydrogen-bond acceptors (Lipinski definition) is 3. The van der Waals surface area contributed by atoms with Gasteiger partial charge in [0.2, 0.25) is 0 Å². The number of hydrogen-bond donors (Lipinski definition) is 1. The van der Waals surface area contributed by atoms with Crippen LogP contribution in [0.2, 0.25) is 0 Å². The van der Waals surface area contributed by atoms with Crippen molar-refractivity contribution in [3.8, 4) is 39.6 Å². The van der Waals surface area contributed by atoms with Crippen LogP contribution in [0.5, 0.6) is 0 Å². The van der Waals surface area contributed by atoms with Gasteiger partial charge in [0, 0.05) is 22.9 Å². The van der Waals surface area contributed by atoms with Crippen LogP contribution in [0.15, 0.2) is 88.4 Å². The molecule has 1 N–H and O–H groups in total. The minimum Gasteiger partial charge on any atom is -0.464 e. The Kier molecular flexibility index (Phi) is 3.97. The predicted octanol–water partition coefficient (Wildman–Crippen LogP) is 4.84. The van der Waals surface area contributed by atoms with Gasteiger partial charge in [-0.15, -0.1) is 0 Å². The average molecular weight is 338 g/mol. The number of pyridine rings is 1. The van der Waals surface area contributed by atoms with Crippen molar-refractivity contribution < 1.29 is 4.42 Å². The number of nitrogens with zero attached hydrogens (tertiary/aromatic N) is 1. The summed E-state index contributed by atoms with van der Waals surface area (Å²) in [6, 6.07) is 22.6. The molecule has 0 saturated heterocycles. The molecule has 0 bridgehead atoms. The maximum atomic E-state index is 12.8. The largest absolute Gasteiger partial charge is 0.464 e. The average Bonchev–Trinajstić information content (AvgIpc) is 3.23. The third-order valence-electron chi connectivity index (χ3n) is 4.26. The van der Waals surface area contributed by atoms with Crippen molar-refractivity contribution in [2.45, 2.75) is 0 Å². The third-order valence-corrected chi connectivity index (χ3v) is 4.26. The third kappa shape index (κ3) is 2.62. The summed E-state index contributed by atoms with van der Waals surface area (Å²) in [7, 11) is 0. The molecule has 124 valence electrons. The molecule has 0 aliphatic heterocycles. The van der Waals surface area contributed by atoms with Crippen LogP contribution in [-0.4, -0.2) is 4.98 Å². The first-order chi connectivity index (χ1) is 12.8. The van der Waals surface area contributed by atoms with Crippen LogP contribution >= 0.6 is 0 Å². The number of aromatic nitrogens is 1. The Hall–Kier alpha value is -3.84. The Bertz CT molecular complexity index is 1150. The van der Waals surface area contributed by atoms with Gasteiger partial charge >= 0.3 is 0 Å². The SMILES string of the molecule is N#Cc1ccccc1-c1c(-c2ccccc2)c(-c2ccco2)c[nH]c1=O. The minimum atomic E-state index is -0.248. The first-order valence-corrected chi connectivity index (χ1v) is 8.14. The molecule has 0 atom stereocenters. The van der Waals surface area contributed by atoms with E-state index in [-0.39, 0.29) is 5.56 Å². The van der Waals surface area contributed by atoms with Crippen LogP contribution in [0, 0.1) is 11.3 Å². The zero-order valence-corrected chi connectivity index (χ0v) is 13.8. The van der Waals surface area contributed by atoms with Gasteiger partial charge < -0.3 is 9.40 Å². The molecule has 4 aromatic rings. The van der Waals surface area contributed by atoms with Gasteiger partial charge in [0.25, 0.3) is 5.56 Å². The van der Waals surface area contributed by atoms with E-state index in [0.29, 0.717) is 22.5 Å². The molecule has 0 amide bonds. The molecule has 2 aromatic carbocycles. The molecule has 0 aliphatic rings. The molecule has 4 rings (SSSR count). The van der Waals surface area contributed by atoms with E-state index in [1.807, 2.05) is 42.5 Å². The molecule has 4 heteroatoms. The van der Waals surface area contributed by atoms with Crippen molar-refractivity contribution in [1.82, 2.24) is 4.98 Å². The predicted molar refractivity (Wildman–Crippen MR) is 100 cm³/mol. The molecular weight excluding hydrogens is 324 g/mol. The molecule has 0 aliphatic carbocycles. The van der Waals surface area contributed by atoms with E-state index < -0.39 is 0 Å². The summed E-state index contributed by atoms with van der Waals surface area (Å²) in [6.07, 6.45) is 3.25. The topological polar surface area (TPSA) is 69.8 Å².